The van der Waals surface area contributed by atoms with E-state index in [1.54, 1.807) is 0 Å². The number of phenolic OH excluding ortho intramolecular Hbond substituents is 1. The summed E-state index contributed by atoms with van der Waals surface area (Å²) in [6.45, 7) is 1.40. The molecule has 26 heteroatoms. The molecule has 0 spiro atoms. The van der Waals surface area contributed by atoms with Gasteiger partial charge in [0.1, 0.15) is 5.75 Å². The molecular formula is C19H17F15O7S4. The predicted molar refractivity (Wildman–Crippen MR) is 125 cm³/mol. The molecule has 1 fully saturated rings. The molecule has 0 unspecified atom stereocenters. The molecule has 0 bridgehead atoms. The van der Waals surface area contributed by atoms with Gasteiger partial charge < -0.3 is 5.11 Å². The summed E-state index contributed by atoms with van der Waals surface area (Å²) < 4.78 is 283. The fourth-order valence-electron chi connectivity index (χ4n) is 4.56. The van der Waals surface area contributed by atoms with Gasteiger partial charge in [-0.1, -0.05) is 0 Å². The smallest absolute Gasteiger partial charge is 0.469 e. The van der Waals surface area contributed by atoms with Gasteiger partial charge in [0.2, 0.25) is 0 Å². The summed E-state index contributed by atoms with van der Waals surface area (Å²) in [6, 6.07) is 0.142. The summed E-state index contributed by atoms with van der Waals surface area (Å²) in [5, 5.41) is -14.6. The van der Waals surface area contributed by atoms with Crippen LogP contribution in [-0.4, -0.2) is 78.9 Å². The van der Waals surface area contributed by atoms with Crippen LogP contribution in [0.3, 0.4) is 0 Å². The van der Waals surface area contributed by atoms with E-state index in [9.17, 15) is 96.2 Å². The minimum Gasteiger partial charge on any atom is -0.507 e. The zero-order valence-electron chi connectivity index (χ0n) is 21.7. The zero-order chi connectivity index (χ0) is 36.1. The van der Waals surface area contributed by atoms with Crippen LogP contribution in [0.2, 0.25) is 0 Å². The maximum Gasteiger partial charge on any atom is 0.469 e. The van der Waals surface area contributed by atoms with Crippen LogP contribution < -0.4 is 0 Å². The van der Waals surface area contributed by atoms with E-state index >= 15 is 0 Å². The van der Waals surface area contributed by atoms with E-state index in [1.807, 2.05) is 0 Å². The molecule has 1 heterocycles. The van der Waals surface area contributed by atoms with E-state index in [0.29, 0.717) is 13.8 Å². The summed E-state index contributed by atoms with van der Waals surface area (Å²) in [5.74, 6) is -4.93. The highest BCUT2D eigenvalue weighted by Gasteiger charge is 2.94. The molecule has 7 nitrogen and oxygen atoms in total. The summed E-state index contributed by atoms with van der Waals surface area (Å²) in [4.78, 5) is -1.70. The van der Waals surface area contributed by atoms with Crippen molar-refractivity contribution in [2.75, 3.05) is 11.5 Å². The highest BCUT2D eigenvalue weighted by atomic mass is 32.4. The Balaban J connectivity index is 3.76. The van der Waals surface area contributed by atoms with Gasteiger partial charge in [-0.15, -0.1) is 0 Å². The van der Waals surface area contributed by atoms with Gasteiger partial charge in [-0.2, -0.15) is 75.9 Å². The van der Waals surface area contributed by atoms with Gasteiger partial charge in [-0.3, -0.25) is 0 Å². The average Bonchev–Trinajstić information content (AvgIpc) is 3.30. The number of halogens is 15. The number of aryl methyl sites for hydroxylation is 2. The van der Waals surface area contributed by atoms with Crippen LogP contribution in [0.15, 0.2) is 17.0 Å². The Hall–Kier alpha value is -1.83. The first-order chi connectivity index (χ1) is 19.5. The minimum absolute atomic E-state index is 0.0709. The second-order valence-corrected chi connectivity index (χ2v) is 21.1. The average molecular weight is 771 g/mol. The van der Waals surface area contributed by atoms with Crippen molar-refractivity contribution in [2.24, 2.45) is 0 Å². The third-order valence-electron chi connectivity index (χ3n) is 6.62. The largest absolute Gasteiger partial charge is 0.507 e. The minimum atomic E-state index is -9.57. The van der Waals surface area contributed by atoms with Crippen molar-refractivity contribution in [3.05, 3.63) is 23.3 Å². The molecule has 0 atom stereocenters. The Morgan fingerprint density at radius 1 is 0.556 bits per heavy atom. The number of hydrogen-bond donors (Lipinski definition) is 1. The monoisotopic (exact) mass is 770 g/mol. The van der Waals surface area contributed by atoms with E-state index in [-0.39, 0.29) is 12.1 Å². The molecule has 1 aliphatic rings. The Morgan fingerprint density at radius 3 is 1.02 bits per heavy atom. The number of alkyl halides is 15. The lowest BCUT2D eigenvalue weighted by Crippen LogP contribution is -2.71. The quantitative estimate of drug-likeness (QED) is 0.309. The molecule has 0 amide bonds. The van der Waals surface area contributed by atoms with Crippen LogP contribution in [0.1, 0.15) is 24.0 Å². The molecule has 0 aliphatic carbocycles. The Bertz CT molecular complexity index is 1510. The molecule has 1 saturated heterocycles. The molecule has 1 aromatic carbocycles. The number of aromatic hydroxyl groups is 1. The van der Waals surface area contributed by atoms with Crippen LogP contribution in [0.4, 0.5) is 65.9 Å². The predicted octanol–water partition coefficient (Wildman–Crippen LogP) is 6.29. The molecule has 2 rings (SSSR count). The third kappa shape index (κ3) is 4.79. The standard InChI is InChI=1S/C19H17F15O7S4/c1-9-7-11(8-10(2)12(9)35)42(5-3-4-6-42)19(43(36,37)16(29,30)13(20,21)22,44(38,39)17(31,32)14(23,24)25)45(40,41)18(33,34)15(26,27)28/h7-8,35H,3-6H2,1-2H3. The maximum atomic E-state index is 14.9. The first kappa shape index (κ1) is 39.3. The summed E-state index contributed by atoms with van der Waals surface area (Å²) in [6.07, 6.45) is -26.0. The lowest BCUT2D eigenvalue weighted by Gasteiger charge is -2.52. The number of rotatable bonds is 8. The molecule has 1 aliphatic heterocycles. The number of phenols is 1. The van der Waals surface area contributed by atoms with Crippen molar-refractivity contribution in [3.63, 3.8) is 0 Å². The first-order valence-electron chi connectivity index (χ1n) is 11.2. The van der Waals surface area contributed by atoms with E-state index in [1.165, 1.54) is 0 Å². The van der Waals surface area contributed by atoms with Gasteiger partial charge in [0.15, 0.2) is 0 Å². The zero-order valence-corrected chi connectivity index (χ0v) is 24.9. The van der Waals surface area contributed by atoms with Crippen molar-refractivity contribution in [1.82, 2.24) is 0 Å². The lowest BCUT2D eigenvalue weighted by molar-refractivity contribution is -0.243. The van der Waals surface area contributed by atoms with Crippen molar-refractivity contribution >= 4 is 39.5 Å². The van der Waals surface area contributed by atoms with E-state index in [4.69, 9.17) is 0 Å². The highest BCUT2D eigenvalue weighted by Crippen LogP contribution is 2.79. The molecule has 1 aromatic rings. The van der Waals surface area contributed by atoms with Gasteiger partial charge >= 0.3 is 37.0 Å². The van der Waals surface area contributed by atoms with Crippen molar-refractivity contribution in [1.29, 1.82) is 0 Å². The van der Waals surface area contributed by atoms with E-state index in [0.717, 1.165) is 0 Å². The Labute approximate surface area is 244 Å². The maximum absolute atomic E-state index is 14.9. The summed E-state index contributed by atoms with van der Waals surface area (Å²) in [5.41, 5.74) is -1.56. The second kappa shape index (κ2) is 10.6. The van der Waals surface area contributed by atoms with E-state index < -0.39 is 123 Å². The van der Waals surface area contributed by atoms with Crippen molar-refractivity contribution in [2.45, 2.75) is 68.6 Å². The van der Waals surface area contributed by atoms with Crippen molar-refractivity contribution in [3.8, 4) is 5.75 Å². The normalized spacial score (nSPS) is 19.0. The Morgan fingerprint density at radius 2 is 0.800 bits per heavy atom. The van der Waals surface area contributed by atoms with Crippen LogP contribution in [-0.2, 0) is 29.5 Å². The molecule has 0 radical (unpaired) electrons. The molecule has 0 aromatic heterocycles. The SMILES string of the molecule is Cc1cc(S2(C(S(=O)(=O)C(F)(F)C(F)(F)F)(S(=O)(=O)C(F)(F)C(F)(F)F)S(=O)(=O)C(F)(F)C(F)(F)F)CCCC2)cc(C)c1O. The van der Waals surface area contributed by atoms with Crippen LogP contribution >= 0.6 is 10.0 Å². The fourth-order valence-corrected chi connectivity index (χ4v) is 23.8. The Kier molecular flexibility index (Phi) is 9.26. The van der Waals surface area contributed by atoms with Gasteiger partial charge in [0, 0.05) is 0 Å². The van der Waals surface area contributed by atoms with Gasteiger partial charge in [-0.25, -0.2) is 25.3 Å². The number of sulfone groups is 3. The summed E-state index contributed by atoms with van der Waals surface area (Å²) in [7, 11) is -34.9. The van der Waals surface area contributed by atoms with Gasteiger partial charge in [0.05, 0.1) is 0 Å². The van der Waals surface area contributed by atoms with Crippen molar-refractivity contribution < 1.29 is 96.2 Å². The highest BCUT2D eigenvalue weighted by molar-refractivity contribution is 8.56. The second-order valence-electron chi connectivity index (χ2n) is 9.46. The van der Waals surface area contributed by atoms with E-state index in [2.05, 4.69) is 0 Å². The molecule has 1 N–H and O–H groups in total. The fraction of sp³-hybridized carbons (Fsp3) is 0.684. The van der Waals surface area contributed by atoms with Gasteiger partial charge in [-0.05, 0) is 66.3 Å². The number of hydrogen-bond acceptors (Lipinski definition) is 7. The van der Waals surface area contributed by atoms with Crippen LogP contribution in [0.25, 0.3) is 0 Å². The molecule has 45 heavy (non-hydrogen) atoms. The first-order valence-corrected chi connectivity index (χ1v) is 17.6. The lowest BCUT2D eigenvalue weighted by atomic mass is 10.1. The van der Waals surface area contributed by atoms with Crippen LogP contribution in [0, 0.1) is 13.8 Å². The third-order valence-corrected chi connectivity index (χ3v) is 24.2. The summed E-state index contributed by atoms with van der Waals surface area (Å²) >= 11 is 0. The van der Waals surface area contributed by atoms with Gasteiger partial charge in [0.25, 0.3) is 29.5 Å². The van der Waals surface area contributed by atoms with Crippen LogP contribution in [0.5, 0.6) is 5.75 Å². The topological polar surface area (TPSA) is 123 Å². The molecule has 264 valence electrons. The number of benzene rings is 1. The molecule has 0 saturated carbocycles. The molecular weight excluding hydrogens is 753 g/mol.